The van der Waals surface area contributed by atoms with Crippen LogP contribution in [0.25, 0.3) is 11.5 Å². The van der Waals surface area contributed by atoms with E-state index in [4.69, 9.17) is 0 Å². The number of hydrogen-bond donors (Lipinski definition) is 1. The number of imidazole rings is 1. The zero-order valence-corrected chi connectivity index (χ0v) is 12.5. The molecule has 6 nitrogen and oxygen atoms in total. The van der Waals surface area contributed by atoms with Crippen molar-refractivity contribution in [1.29, 1.82) is 0 Å². The summed E-state index contributed by atoms with van der Waals surface area (Å²) in [6.45, 7) is -2.64. The summed E-state index contributed by atoms with van der Waals surface area (Å²) in [5.74, 6) is 0.628. The van der Waals surface area contributed by atoms with Gasteiger partial charge in [0.2, 0.25) is 0 Å². The highest BCUT2D eigenvalue weighted by atomic mass is 19.3. The Bertz CT molecular complexity index is 778. The van der Waals surface area contributed by atoms with Gasteiger partial charge in [-0.25, -0.2) is 9.97 Å². The van der Waals surface area contributed by atoms with Crippen LogP contribution in [0.5, 0.6) is 5.75 Å². The first kappa shape index (κ1) is 16.0. The molecule has 1 aromatic carbocycles. The molecule has 1 N–H and O–H groups in total. The third kappa shape index (κ3) is 3.72. The monoisotopic (exact) mass is 332 g/mol. The molecule has 0 aliphatic rings. The molecule has 1 atom stereocenters. The second kappa shape index (κ2) is 7.14. The summed E-state index contributed by atoms with van der Waals surface area (Å²) in [6.07, 6.45) is 7.20. The average Bonchev–Trinajstić information content (AvgIpc) is 3.04. The zero-order chi connectivity index (χ0) is 16.9. The molecule has 0 radical (unpaired) electrons. The topological polar surface area (TPSA) is 73.1 Å². The minimum Gasteiger partial charge on any atom is -0.435 e. The van der Waals surface area contributed by atoms with Crippen LogP contribution < -0.4 is 4.74 Å². The van der Waals surface area contributed by atoms with Gasteiger partial charge in [0, 0.05) is 24.8 Å². The van der Waals surface area contributed by atoms with Gasteiger partial charge in [0.25, 0.3) is 0 Å². The molecule has 0 fully saturated rings. The fourth-order valence-electron chi connectivity index (χ4n) is 2.27. The number of rotatable bonds is 6. The van der Waals surface area contributed by atoms with Crippen molar-refractivity contribution in [2.45, 2.75) is 19.3 Å². The van der Waals surface area contributed by atoms with Crippen LogP contribution in [0.2, 0.25) is 0 Å². The van der Waals surface area contributed by atoms with Crippen molar-refractivity contribution in [2.24, 2.45) is 0 Å². The Morgan fingerprint density at radius 1 is 1.08 bits per heavy atom. The number of aromatic nitrogens is 4. The van der Waals surface area contributed by atoms with Crippen LogP contribution in [-0.2, 0) is 6.54 Å². The van der Waals surface area contributed by atoms with Gasteiger partial charge in [0.1, 0.15) is 11.4 Å². The smallest absolute Gasteiger partial charge is 0.387 e. The number of halogens is 2. The fraction of sp³-hybridized carbons (Fsp3) is 0.188. The standard InChI is InChI=1S/C16H14F2N4O2/c17-16(18)24-12-3-1-11(2-4-12)14(23)10-22-8-7-21-15(22)13-9-19-5-6-20-13/h1-9,14,16,23H,10H2. The Hall–Kier alpha value is -2.87. The van der Waals surface area contributed by atoms with Crippen LogP contribution in [0.3, 0.4) is 0 Å². The second-order valence-corrected chi connectivity index (χ2v) is 4.96. The minimum absolute atomic E-state index is 0.0452. The highest BCUT2D eigenvalue weighted by Gasteiger charge is 2.14. The van der Waals surface area contributed by atoms with Gasteiger partial charge in [-0.2, -0.15) is 8.78 Å². The van der Waals surface area contributed by atoms with E-state index in [0.717, 1.165) is 0 Å². The minimum atomic E-state index is -2.87. The van der Waals surface area contributed by atoms with Crippen molar-refractivity contribution in [1.82, 2.24) is 19.5 Å². The molecular formula is C16H14F2N4O2. The van der Waals surface area contributed by atoms with Crippen LogP contribution in [-0.4, -0.2) is 31.2 Å². The predicted octanol–water partition coefficient (Wildman–Crippen LogP) is 2.68. The van der Waals surface area contributed by atoms with Gasteiger partial charge in [0.15, 0.2) is 5.82 Å². The molecule has 8 heteroatoms. The largest absolute Gasteiger partial charge is 0.435 e. The van der Waals surface area contributed by atoms with Crippen molar-refractivity contribution in [2.75, 3.05) is 0 Å². The van der Waals surface area contributed by atoms with Gasteiger partial charge in [-0.3, -0.25) is 4.98 Å². The molecule has 1 unspecified atom stereocenters. The van der Waals surface area contributed by atoms with Crippen molar-refractivity contribution >= 4 is 0 Å². The summed E-state index contributed by atoms with van der Waals surface area (Å²) in [7, 11) is 0. The fourth-order valence-corrected chi connectivity index (χ4v) is 2.27. The summed E-state index contributed by atoms with van der Waals surface area (Å²) >= 11 is 0. The van der Waals surface area contributed by atoms with E-state index >= 15 is 0 Å². The third-order valence-corrected chi connectivity index (χ3v) is 3.37. The number of benzene rings is 1. The summed E-state index contributed by atoms with van der Waals surface area (Å²) in [4.78, 5) is 12.4. The lowest BCUT2D eigenvalue weighted by atomic mass is 10.1. The number of nitrogens with zero attached hydrogens (tertiary/aromatic N) is 4. The summed E-state index contributed by atoms with van der Waals surface area (Å²) in [5.41, 5.74) is 1.17. The maximum Gasteiger partial charge on any atom is 0.387 e. The van der Waals surface area contributed by atoms with Gasteiger partial charge in [-0.1, -0.05) is 12.1 Å². The first-order chi connectivity index (χ1) is 11.6. The number of hydrogen-bond acceptors (Lipinski definition) is 5. The Balaban J connectivity index is 1.74. The van der Waals surface area contributed by atoms with Crippen LogP contribution in [0.4, 0.5) is 8.78 Å². The SMILES string of the molecule is OC(Cn1ccnc1-c1cnccn1)c1ccc(OC(F)F)cc1. The normalized spacial score (nSPS) is 12.3. The maximum atomic E-state index is 12.1. The third-order valence-electron chi connectivity index (χ3n) is 3.37. The zero-order valence-electron chi connectivity index (χ0n) is 12.5. The van der Waals surface area contributed by atoms with Crippen molar-refractivity contribution in [3.8, 4) is 17.3 Å². The van der Waals surface area contributed by atoms with Crippen LogP contribution in [0.1, 0.15) is 11.7 Å². The molecular weight excluding hydrogens is 318 g/mol. The maximum absolute atomic E-state index is 12.1. The number of aliphatic hydroxyl groups excluding tert-OH is 1. The molecule has 124 valence electrons. The van der Waals surface area contributed by atoms with Crippen LogP contribution in [0.15, 0.2) is 55.2 Å². The molecule has 0 saturated heterocycles. The van der Waals surface area contributed by atoms with E-state index in [9.17, 15) is 13.9 Å². The first-order valence-corrected chi connectivity index (χ1v) is 7.14. The van der Waals surface area contributed by atoms with E-state index < -0.39 is 12.7 Å². The van der Waals surface area contributed by atoms with Gasteiger partial charge in [-0.15, -0.1) is 0 Å². The lowest BCUT2D eigenvalue weighted by Gasteiger charge is -2.14. The van der Waals surface area contributed by atoms with Gasteiger partial charge >= 0.3 is 6.61 Å². The Kier molecular flexibility index (Phi) is 4.76. The molecule has 0 saturated carbocycles. The lowest BCUT2D eigenvalue weighted by molar-refractivity contribution is -0.0498. The number of ether oxygens (including phenoxy) is 1. The van der Waals surface area contributed by atoms with Gasteiger partial charge in [0.05, 0.1) is 18.8 Å². The van der Waals surface area contributed by atoms with Crippen LogP contribution in [0, 0.1) is 0 Å². The summed E-state index contributed by atoms with van der Waals surface area (Å²) in [5, 5.41) is 10.4. The highest BCUT2D eigenvalue weighted by Crippen LogP contribution is 2.22. The lowest BCUT2D eigenvalue weighted by Crippen LogP contribution is -2.10. The Morgan fingerprint density at radius 3 is 2.54 bits per heavy atom. The number of aliphatic hydroxyl groups is 1. The molecule has 0 amide bonds. The quantitative estimate of drug-likeness (QED) is 0.751. The molecule has 2 heterocycles. The van der Waals surface area contributed by atoms with Crippen molar-refractivity contribution in [3.05, 3.63) is 60.8 Å². The van der Waals surface area contributed by atoms with Crippen molar-refractivity contribution < 1.29 is 18.6 Å². The Morgan fingerprint density at radius 2 is 1.88 bits per heavy atom. The molecule has 3 rings (SSSR count). The molecule has 24 heavy (non-hydrogen) atoms. The summed E-state index contributed by atoms with van der Waals surface area (Å²) < 4.78 is 30.3. The van der Waals surface area contributed by atoms with E-state index in [1.54, 1.807) is 47.7 Å². The molecule has 2 aromatic heterocycles. The highest BCUT2D eigenvalue weighted by molar-refractivity contribution is 5.47. The van der Waals surface area contributed by atoms with Crippen molar-refractivity contribution in [3.63, 3.8) is 0 Å². The molecule has 0 spiro atoms. The van der Waals surface area contributed by atoms with Crippen LogP contribution >= 0.6 is 0 Å². The molecule has 0 aliphatic heterocycles. The average molecular weight is 332 g/mol. The first-order valence-electron chi connectivity index (χ1n) is 7.14. The van der Waals surface area contributed by atoms with Gasteiger partial charge in [-0.05, 0) is 17.7 Å². The predicted molar refractivity (Wildman–Crippen MR) is 81.3 cm³/mol. The second-order valence-electron chi connectivity index (χ2n) is 4.96. The summed E-state index contributed by atoms with van der Waals surface area (Å²) in [6, 6.07) is 5.87. The van der Waals surface area contributed by atoms with E-state index in [-0.39, 0.29) is 12.3 Å². The molecule has 0 aliphatic carbocycles. The number of alkyl halides is 2. The molecule has 3 aromatic rings. The van der Waals surface area contributed by atoms with E-state index in [1.165, 1.54) is 12.1 Å². The van der Waals surface area contributed by atoms with E-state index in [1.807, 2.05) is 0 Å². The van der Waals surface area contributed by atoms with E-state index in [0.29, 0.717) is 17.1 Å². The van der Waals surface area contributed by atoms with Gasteiger partial charge < -0.3 is 14.4 Å². The Labute approximate surface area is 136 Å². The molecule has 0 bridgehead atoms. The van der Waals surface area contributed by atoms with E-state index in [2.05, 4.69) is 19.7 Å².